The van der Waals surface area contributed by atoms with E-state index in [1.807, 2.05) is 30.4 Å². The monoisotopic (exact) mass is 166 g/mol. The van der Waals surface area contributed by atoms with E-state index in [0.29, 0.717) is 0 Å². The summed E-state index contributed by atoms with van der Waals surface area (Å²) < 4.78 is 4.41. The molecule has 3 nitrogen and oxygen atoms in total. The summed E-state index contributed by atoms with van der Waals surface area (Å²) in [6.45, 7) is 0.132. The highest BCUT2D eigenvalue weighted by Gasteiger charge is 1.98. The van der Waals surface area contributed by atoms with Gasteiger partial charge in [-0.3, -0.25) is 0 Å². The fraction of sp³-hybridized carbons (Fsp3) is 0.222. The van der Waals surface area contributed by atoms with Gasteiger partial charge in [-0.1, -0.05) is 30.4 Å². The first-order valence-electron chi connectivity index (χ1n) is 3.67. The van der Waals surface area contributed by atoms with E-state index in [4.69, 9.17) is 5.11 Å². The van der Waals surface area contributed by atoms with Crippen molar-refractivity contribution < 1.29 is 14.6 Å². The first kappa shape index (κ1) is 8.59. The van der Waals surface area contributed by atoms with E-state index in [9.17, 15) is 4.79 Å². The molecule has 0 aromatic rings. The molecule has 1 N–H and O–H groups in total. The summed E-state index contributed by atoms with van der Waals surface area (Å²) in [4.78, 5) is 10.0. The molecule has 0 amide bonds. The second kappa shape index (κ2) is 4.38. The van der Waals surface area contributed by atoms with Crippen molar-refractivity contribution in [1.29, 1.82) is 0 Å². The van der Waals surface area contributed by atoms with Crippen molar-refractivity contribution in [3.05, 3.63) is 36.0 Å². The highest BCUT2D eigenvalue weighted by molar-refractivity contribution is 5.57. The molecule has 0 aromatic heterocycles. The highest BCUT2D eigenvalue weighted by Crippen LogP contribution is 2.05. The summed E-state index contributed by atoms with van der Waals surface area (Å²) in [5.74, 6) is 0. The Labute approximate surface area is 70.7 Å². The van der Waals surface area contributed by atoms with Crippen LogP contribution in [-0.4, -0.2) is 17.9 Å². The number of rotatable bonds is 2. The number of carbonyl (C=O) groups is 1. The molecule has 0 fully saturated rings. The van der Waals surface area contributed by atoms with Gasteiger partial charge in [0.15, 0.2) is 0 Å². The highest BCUT2D eigenvalue weighted by atomic mass is 16.7. The largest absolute Gasteiger partial charge is 0.506 e. The average molecular weight is 166 g/mol. The van der Waals surface area contributed by atoms with Crippen LogP contribution in [-0.2, 0) is 4.74 Å². The van der Waals surface area contributed by atoms with Crippen LogP contribution >= 0.6 is 0 Å². The van der Waals surface area contributed by atoms with Gasteiger partial charge in [0, 0.05) is 0 Å². The molecule has 0 unspecified atom stereocenters. The molecule has 1 rings (SSSR count). The standard InChI is InChI=1S/C9H10O3/c10-9(11)12-7-8-5-3-1-2-4-6-8/h1-3,5-6H,4,7H2,(H,10,11). The fourth-order valence-corrected chi connectivity index (χ4v) is 0.876. The molecule has 0 saturated carbocycles. The maximum absolute atomic E-state index is 10.0. The predicted octanol–water partition coefficient (Wildman–Crippen LogP) is 2.12. The molecule has 3 heteroatoms. The average Bonchev–Trinajstić information content (AvgIpc) is 2.28. The Morgan fingerprint density at radius 2 is 2.42 bits per heavy atom. The lowest BCUT2D eigenvalue weighted by molar-refractivity contribution is 0.100. The zero-order valence-corrected chi connectivity index (χ0v) is 6.56. The first-order valence-corrected chi connectivity index (χ1v) is 3.67. The quantitative estimate of drug-likeness (QED) is 0.639. The van der Waals surface area contributed by atoms with Crippen molar-refractivity contribution in [3.63, 3.8) is 0 Å². The van der Waals surface area contributed by atoms with Gasteiger partial charge in [-0.05, 0) is 12.0 Å². The molecule has 1 aliphatic carbocycles. The van der Waals surface area contributed by atoms with Crippen molar-refractivity contribution in [2.75, 3.05) is 6.61 Å². The van der Waals surface area contributed by atoms with E-state index in [2.05, 4.69) is 4.74 Å². The van der Waals surface area contributed by atoms with Crippen LogP contribution in [0.2, 0.25) is 0 Å². The third-order valence-electron chi connectivity index (χ3n) is 1.44. The van der Waals surface area contributed by atoms with Gasteiger partial charge < -0.3 is 9.84 Å². The molecular weight excluding hydrogens is 156 g/mol. The van der Waals surface area contributed by atoms with Gasteiger partial charge in [-0.25, -0.2) is 4.79 Å². The van der Waals surface area contributed by atoms with Crippen LogP contribution in [0.25, 0.3) is 0 Å². The van der Waals surface area contributed by atoms with Crippen LogP contribution < -0.4 is 0 Å². The summed E-state index contributed by atoms with van der Waals surface area (Å²) in [6, 6.07) is 0. The summed E-state index contributed by atoms with van der Waals surface area (Å²) >= 11 is 0. The van der Waals surface area contributed by atoms with E-state index in [0.717, 1.165) is 12.0 Å². The smallest absolute Gasteiger partial charge is 0.450 e. The maximum Gasteiger partial charge on any atom is 0.506 e. The summed E-state index contributed by atoms with van der Waals surface area (Å²) in [5.41, 5.74) is 0.891. The molecule has 0 spiro atoms. The van der Waals surface area contributed by atoms with Crippen molar-refractivity contribution >= 4 is 6.16 Å². The number of allylic oxidation sites excluding steroid dienone is 4. The third-order valence-corrected chi connectivity index (χ3v) is 1.44. The molecule has 0 aromatic carbocycles. The Bertz CT molecular complexity index is 248. The number of hydrogen-bond donors (Lipinski definition) is 1. The summed E-state index contributed by atoms with van der Waals surface area (Å²) in [5, 5.41) is 8.23. The van der Waals surface area contributed by atoms with Gasteiger partial charge in [0.05, 0.1) is 0 Å². The van der Waals surface area contributed by atoms with E-state index >= 15 is 0 Å². The number of carboxylic acid groups (broad SMARTS) is 1. The van der Waals surface area contributed by atoms with Crippen LogP contribution in [0.5, 0.6) is 0 Å². The second-order valence-electron chi connectivity index (χ2n) is 2.36. The van der Waals surface area contributed by atoms with Crippen LogP contribution in [0.3, 0.4) is 0 Å². The molecule has 1 aliphatic rings. The zero-order valence-electron chi connectivity index (χ0n) is 6.56. The zero-order chi connectivity index (χ0) is 8.81. The van der Waals surface area contributed by atoms with Crippen molar-refractivity contribution in [1.82, 2.24) is 0 Å². The Hall–Kier alpha value is -1.51. The van der Waals surface area contributed by atoms with Crippen molar-refractivity contribution in [3.8, 4) is 0 Å². The summed E-state index contributed by atoms with van der Waals surface area (Å²) in [7, 11) is 0. The Morgan fingerprint density at radius 3 is 3.17 bits per heavy atom. The molecule has 0 radical (unpaired) electrons. The van der Waals surface area contributed by atoms with Crippen molar-refractivity contribution in [2.45, 2.75) is 6.42 Å². The minimum atomic E-state index is -1.23. The minimum absolute atomic E-state index is 0.132. The van der Waals surface area contributed by atoms with Crippen LogP contribution in [0, 0.1) is 0 Å². The van der Waals surface area contributed by atoms with Gasteiger partial charge in [0.2, 0.25) is 0 Å². The number of ether oxygens (including phenoxy) is 1. The van der Waals surface area contributed by atoms with Gasteiger partial charge in [-0.15, -0.1) is 0 Å². The van der Waals surface area contributed by atoms with Crippen LogP contribution in [0.1, 0.15) is 6.42 Å². The van der Waals surface area contributed by atoms with E-state index in [-0.39, 0.29) is 6.61 Å². The Morgan fingerprint density at radius 1 is 1.58 bits per heavy atom. The lowest BCUT2D eigenvalue weighted by Gasteiger charge is -1.99. The molecule has 0 aliphatic heterocycles. The Kier molecular flexibility index (Phi) is 3.14. The molecular formula is C9H10O3. The normalized spacial score (nSPS) is 15.2. The van der Waals surface area contributed by atoms with Gasteiger partial charge in [0.1, 0.15) is 6.61 Å². The lowest BCUT2D eigenvalue weighted by Crippen LogP contribution is -2.02. The minimum Gasteiger partial charge on any atom is -0.450 e. The van der Waals surface area contributed by atoms with Gasteiger partial charge >= 0.3 is 6.16 Å². The van der Waals surface area contributed by atoms with E-state index in [1.165, 1.54) is 0 Å². The molecule has 12 heavy (non-hydrogen) atoms. The Balaban J connectivity index is 2.42. The maximum atomic E-state index is 10.0. The van der Waals surface area contributed by atoms with Crippen LogP contribution in [0.4, 0.5) is 4.79 Å². The first-order chi connectivity index (χ1) is 5.79. The molecule has 0 saturated heterocycles. The summed E-state index contributed by atoms with van der Waals surface area (Å²) in [6.07, 6.45) is 9.14. The molecule has 64 valence electrons. The van der Waals surface area contributed by atoms with Gasteiger partial charge in [0.25, 0.3) is 0 Å². The predicted molar refractivity (Wildman–Crippen MR) is 45.0 cm³/mol. The molecule has 0 bridgehead atoms. The van der Waals surface area contributed by atoms with E-state index < -0.39 is 6.16 Å². The topological polar surface area (TPSA) is 46.5 Å². The SMILES string of the molecule is O=C(O)OCC1=CCC=CC=C1. The second-order valence-corrected chi connectivity index (χ2v) is 2.36. The van der Waals surface area contributed by atoms with Gasteiger partial charge in [-0.2, -0.15) is 0 Å². The molecule has 0 heterocycles. The molecule has 0 atom stereocenters. The van der Waals surface area contributed by atoms with E-state index in [1.54, 1.807) is 0 Å². The lowest BCUT2D eigenvalue weighted by atomic mass is 10.2. The van der Waals surface area contributed by atoms with Crippen LogP contribution in [0.15, 0.2) is 36.0 Å². The third kappa shape index (κ3) is 3.05. The van der Waals surface area contributed by atoms with Crippen molar-refractivity contribution in [2.24, 2.45) is 0 Å². The number of hydrogen-bond acceptors (Lipinski definition) is 2. The fourth-order valence-electron chi connectivity index (χ4n) is 0.876.